The van der Waals surface area contributed by atoms with E-state index in [4.69, 9.17) is 0 Å². The van der Waals surface area contributed by atoms with Crippen molar-refractivity contribution in [1.82, 2.24) is 10.6 Å². The molecule has 1 fully saturated rings. The second kappa shape index (κ2) is 2.99. The standard InChI is InChI=1S/C5H11N2/c1-2-4-7-5-6-3-1/h3,6-7H,1-2,4-5H2. The maximum atomic E-state index is 3.20. The molecule has 2 nitrogen and oxygen atoms in total. The van der Waals surface area contributed by atoms with Gasteiger partial charge < -0.3 is 10.6 Å². The summed E-state index contributed by atoms with van der Waals surface area (Å²) in [7, 11) is 0. The van der Waals surface area contributed by atoms with Crippen molar-refractivity contribution in [2.45, 2.75) is 12.8 Å². The Morgan fingerprint density at radius 3 is 3.43 bits per heavy atom. The zero-order valence-corrected chi connectivity index (χ0v) is 4.41. The van der Waals surface area contributed by atoms with Crippen LogP contribution in [0.5, 0.6) is 0 Å². The quantitative estimate of drug-likeness (QED) is 0.449. The molecule has 0 unspecified atom stereocenters. The molecule has 1 heterocycles. The summed E-state index contributed by atoms with van der Waals surface area (Å²) in [5.74, 6) is 0. The second-order valence-corrected chi connectivity index (χ2v) is 1.73. The summed E-state index contributed by atoms with van der Waals surface area (Å²) >= 11 is 0. The summed E-state index contributed by atoms with van der Waals surface area (Å²) in [6, 6.07) is 0. The maximum absolute atomic E-state index is 3.20. The van der Waals surface area contributed by atoms with E-state index < -0.39 is 0 Å². The van der Waals surface area contributed by atoms with E-state index in [0.29, 0.717) is 0 Å². The third kappa shape index (κ3) is 1.90. The van der Waals surface area contributed by atoms with E-state index in [0.717, 1.165) is 13.2 Å². The molecule has 1 saturated heterocycles. The Kier molecular flexibility index (Phi) is 2.17. The summed E-state index contributed by atoms with van der Waals surface area (Å²) in [4.78, 5) is 0. The topological polar surface area (TPSA) is 24.1 Å². The van der Waals surface area contributed by atoms with Crippen LogP contribution in [0.2, 0.25) is 0 Å². The monoisotopic (exact) mass is 99.1 g/mol. The molecule has 0 saturated carbocycles. The van der Waals surface area contributed by atoms with Gasteiger partial charge in [0.25, 0.3) is 0 Å². The van der Waals surface area contributed by atoms with Crippen LogP contribution in [0, 0.1) is 6.54 Å². The lowest BCUT2D eigenvalue weighted by Gasteiger charge is -1.94. The molecule has 1 rings (SSSR count). The van der Waals surface area contributed by atoms with Gasteiger partial charge in [0.2, 0.25) is 0 Å². The molecule has 0 aromatic rings. The molecule has 0 aromatic heterocycles. The molecular weight excluding hydrogens is 88.1 g/mol. The smallest absolute Gasteiger partial charge is 0.0456 e. The van der Waals surface area contributed by atoms with Gasteiger partial charge >= 0.3 is 0 Å². The first-order chi connectivity index (χ1) is 3.50. The lowest BCUT2D eigenvalue weighted by atomic mass is 10.3. The molecular formula is C5H11N2. The van der Waals surface area contributed by atoms with Crippen molar-refractivity contribution in [3.8, 4) is 0 Å². The Labute approximate surface area is 44.3 Å². The van der Waals surface area contributed by atoms with E-state index in [2.05, 4.69) is 17.2 Å². The molecule has 0 atom stereocenters. The van der Waals surface area contributed by atoms with Gasteiger partial charge in [0.05, 0.1) is 0 Å². The zero-order chi connectivity index (χ0) is 4.95. The summed E-state index contributed by atoms with van der Waals surface area (Å²) in [6.07, 6.45) is 2.47. The fourth-order valence-corrected chi connectivity index (χ4v) is 0.664. The molecule has 0 spiro atoms. The third-order valence-corrected chi connectivity index (χ3v) is 1.07. The molecule has 0 amide bonds. The van der Waals surface area contributed by atoms with Crippen molar-refractivity contribution in [2.24, 2.45) is 0 Å². The molecule has 0 bridgehead atoms. The Bertz CT molecular complexity index is 25.7. The molecule has 41 valence electrons. The molecule has 2 heteroatoms. The van der Waals surface area contributed by atoms with E-state index in [1.54, 1.807) is 0 Å². The van der Waals surface area contributed by atoms with E-state index in [-0.39, 0.29) is 0 Å². The lowest BCUT2D eigenvalue weighted by Crippen LogP contribution is -2.23. The minimum Gasteiger partial charge on any atom is -0.304 e. The Morgan fingerprint density at radius 2 is 2.43 bits per heavy atom. The highest BCUT2D eigenvalue weighted by Crippen LogP contribution is 1.90. The van der Waals surface area contributed by atoms with Crippen molar-refractivity contribution in [1.29, 1.82) is 0 Å². The van der Waals surface area contributed by atoms with Gasteiger partial charge in [-0.1, -0.05) is 0 Å². The van der Waals surface area contributed by atoms with Crippen LogP contribution >= 0.6 is 0 Å². The fraction of sp³-hybridized carbons (Fsp3) is 0.800. The molecule has 2 N–H and O–H groups in total. The van der Waals surface area contributed by atoms with Gasteiger partial charge in [-0.15, -0.1) is 0 Å². The van der Waals surface area contributed by atoms with Crippen LogP contribution in [0.1, 0.15) is 12.8 Å². The number of rotatable bonds is 0. The van der Waals surface area contributed by atoms with E-state index >= 15 is 0 Å². The summed E-state index contributed by atoms with van der Waals surface area (Å²) in [6.45, 7) is 4.21. The van der Waals surface area contributed by atoms with Gasteiger partial charge in [-0.3, -0.25) is 0 Å². The van der Waals surface area contributed by atoms with Crippen molar-refractivity contribution in [3.63, 3.8) is 0 Å². The first kappa shape index (κ1) is 5.06. The molecule has 1 aliphatic heterocycles. The van der Waals surface area contributed by atoms with E-state index in [1.807, 2.05) is 0 Å². The Morgan fingerprint density at radius 1 is 1.43 bits per heavy atom. The van der Waals surface area contributed by atoms with Gasteiger partial charge in [0, 0.05) is 13.2 Å². The van der Waals surface area contributed by atoms with Crippen LogP contribution < -0.4 is 10.6 Å². The molecule has 7 heavy (non-hydrogen) atoms. The highest BCUT2D eigenvalue weighted by Gasteiger charge is 1.92. The first-order valence-electron chi connectivity index (χ1n) is 2.76. The van der Waals surface area contributed by atoms with Crippen LogP contribution in [0.15, 0.2) is 0 Å². The highest BCUT2D eigenvalue weighted by atomic mass is 15.1. The third-order valence-electron chi connectivity index (χ3n) is 1.07. The van der Waals surface area contributed by atoms with Crippen molar-refractivity contribution >= 4 is 0 Å². The van der Waals surface area contributed by atoms with Gasteiger partial charge in [0.15, 0.2) is 0 Å². The predicted octanol–water partition coefficient (Wildman–Crippen LogP) is 0.0787. The van der Waals surface area contributed by atoms with Crippen LogP contribution in [-0.4, -0.2) is 13.2 Å². The maximum Gasteiger partial charge on any atom is 0.0456 e. The number of hydrogen-bond donors (Lipinski definition) is 2. The van der Waals surface area contributed by atoms with Gasteiger partial charge in [-0.25, -0.2) is 0 Å². The van der Waals surface area contributed by atoms with Crippen molar-refractivity contribution < 1.29 is 0 Å². The minimum atomic E-state index is 0.944. The van der Waals surface area contributed by atoms with Crippen LogP contribution in [0.3, 0.4) is 0 Å². The highest BCUT2D eigenvalue weighted by molar-refractivity contribution is 4.65. The normalized spacial score (nSPS) is 24.0. The summed E-state index contributed by atoms with van der Waals surface area (Å²) < 4.78 is 0. The van der Waals surface area contributed by atoms with Crippen LogP contribution in [0.4, 0.5) is 0 Å². The van der Waals surface area contributed by atoms with Crippen molar-refractivity contribution in [3.05, 3.63) is 6.54 Å². The molecule has 1 radical (unpaired) electrons. The first-order valence-corrected chi connectivity index (χ1v) is 2.76. The van der Waals surface area contributed by atoms with Gasteiger partial charge in [-0.2, -0.15) is 0 Å². The van der Waals surface area contributed by atoms with Crippen LogP contribution in [-0.2, 0) is 0 Å². The zero-order valence-electron chi connectivity index (χ0n) is 4.41. The lowest BCUT2D eigenvalue weighted by molar-refractivity contribution is 0.671. The van der Waals surface area contributed by atoms with Gasteiger partial charge in [-0.05, 0) is 19.4 Å². The Balaban J connectivity index is 2.04. The fourth-order valence-electron chi connectivity index (χ4n) is 0.664. The van der Waals surface area contributed by atoms with Crippen molar-refractivity contribution in [2.75, 3.05) is 13.2 Å². The van der Waals surface area contributed by atoms with E-state index in [9.17, 15) is 0 Å². The molecule has 1 aliphatic rings. The average molecular weight is 99.2 g/mol. The average Bonchev–Trinajstić information content (AvgIpc) is 1.90. The molecule has 0 aliphatic carbocycles. The van der Waals surface area contributed by atoms with E-state index in [1.165, 1.54) is 12.8 Å². The summed E-state index contributed by atoms with van der Waals surface area (Å²) in [5.41, 5.74) is 0. The largest absolute Gasteiger partial charge is 0.304 e. The SMILES string of the molecule is [CH]1CCCNCN1. The molecule has 0 aromatic carbocycles. The van der Waals surface area contributed by atoms with Crippen LogP contribution in [0.25, 0.3) is 0 Å². The second-order valence-electron chi connectivity index (χ2n) is 1.73. The van der Waals surface area contributed by atoms with Gasteiger partial charge in [0.1, 0.15) is 0 Å². The minimum absolute atomic E-state index is 0.944. The number of hydrogen-bond acceptors (Lipinski definition) is 2. The number of nitrogens with one attached hydrogen (secondary N) is 2. The Hall–Kier alpha value is -0.0800. The summed E-state index contributed by atoms with van der Waals surface area (Å²) in [5, 5.41) is 6.32. The predicted molar refractivity (Wildman–Crippen MR) is 29.5 cm³/mol.